The molecule has 3 heteroatoms. The Morgan fingerprint density at radius 3 is 2.35 bits per heavy atom. The summed E-state index contributed by atoms with van der Waals surface area (Å²) in [7, 11) is 0. The normalized spacial score (nSPS) is 26.5. The van der Waals surface area contributed by atoms with Crippen LogP contribution in [0.5, 0.6) is 0 Å². The van der Waals surface area contributed by atoms with Crippen molar-refractivity contribution in [2.24, 2.45) is 5.41 Å². The fourth-order valence-corrected chi connectivity index (χ4v) is 2.72. The number of nitrogens with zero attached hydrogens (tertiary/aromatic N) is 1. The third-order valence-corrected chi connectivity index (χ3v) is 4.15. The van der Waals surface area contributed by atoms with Gasteiger partial charge in [-0.2, -0.15) is 5.26 Å². The van der Waals surface area contributed by atoms with Gasteiger partial charge in [-0.25, -0.2) is 0 Å². The molecule has 0 aromatic heterocycles. The van der Waals surface area contributed by atoms with E-state index >= 15 is 0 Å². The number of anilines is 1. The van der Waals surface area contributed by atoms with Gasteiger partial charge in [0.1, 0.15) is 5.54 Å². The summed E-state index contributed by atoms with van der Waals surface area (Å²) in [4.78, 5) is 0. The largest absolute Gasteiger partial charge is 0.367 e. The van der Waals surface area contributed by atoms with E-state index < -0.39 is 5.54 Å². The van der Waals surface area contributed by atoms with E-state index in [-0.39, 0.29) is 5.41 Å². The maximum Gasteiger partial charge on any atom is 0.130 e. The van der Waals surface area contributed by atoms with Gasteiger partial charge in [-0.05, 0) is 43.5 Å². The Labute approximate surface area is 108 Å². The molecule has 1 aliphatic rings. The molecule has 1 aliphatic carbocycles. The molecule has 1 aromatic rings. The molecular formula is C14H17ClN2. The van der Waals surface area contributed by atoms with Crippen LogP contribution >= 0.6 is 11.6 Å². The number of hydrogen-bond donors (Lipinski definition) is 1. The smallest absolute Gasteiger partial charge is 0.130 e. The third-order valence-electron chi connectivity index (χ3n) is 3.90. The number of rotatable bonds is 2. The number of halogens is 1. The second-order valence-electron chi connectivity index (χ2n) is 5.39. The van der Waals surface area contributed by atoms with Crippen molar-refractivity contribution in [3.05, 3.63) is 29.3 Å². The quantitative estimate of drug-likeness (QED) is 0.850. The average Bonchev–Trinajstić information content (AvgIpc) is 2.58. The van der Waals surface area contributed by atoms with Crippen molar-refractivity contribution in [2.75, 3.05) is 5.32 Å². The molecule has 1 aromatic carbocycles. The fraction of sp³-hybridized carbons (Fsp3) is 0.500. The Morgan fingerprint density at radius 2 is 1.88 bits per heavy atom. The lowest BCUT2D eigenvalue weighted by Crippen LogP contribution is -2.45. The van der Waals surface area contributed by atoms with Crippen LogP contribution in [0.4, 0.5) is 5.69 Å². The molecular weight excluding hydrogens is 232 g/mol. The highest BCUT2D eigenvalue weighted by Gasteiger charge is 2.49. The van der Waals surface area contributed by atoms with Crippen LogP contribution in [-0.4, -0.2) is 5.54 Å². The maximum absolute atomic E-state index is 9.53. The van der Waals surface area contributed by atoms with Gasteiger partial charge in [0.05, 0.1) is 6.07 Å². The van der Waals surface area contributed by atoms with Crippen molar-refractivity contribution in [2.45, 2.75) is 38.6 Å². The summed E-state index contributed by atoms with van der Waals surface area (Å²) in [5.74, 6) is 0. The number of nitriles is 1. The van der Waals surface area contributed by atoms with Crippen molar-refractivity contribution >= 4 is 17.3 Å². The first kappa shape index (κ1) is 12.3. The molecule has 2 rings (SSSR count). The first-order valence-corrected chi connectivity index (χ1v) is 6.32. The predicted molar refractivity (Wildman–Crippen MR) is 71.1 cm³/mol. The summed E-state index contributed by atoms with van der Waals surface area (Å²) in [5.41, 5.74) is 0.508. The monoisotopic (exact) mass is 248 g/mol. The zero-order valence-corrected chi connectivity index (χ0v) is 11.0. The molecule has 1 saturated carbocycles. The molecule has 2 nitrogen and oxygen atoms in total. The molecule has 0 amide bonds. The Morgan fingerprint density at radius 1 is 1.24 bits per heavy atom. The zero-order chi connectivity index (χ0) is 12.5. The standard InChI is InChI=1S/C14H17ClN2/c1-13(2)8-3-9-14(13,10-16)17-12-6-4-11(15)5-7-12/h4-7,17H,3,8-9H2,1-2H3. The average molecular weight is 249 g/mol. The summed E-state index contributed by atoms with van der Waals surface area (Å²) in [5, 5.41) is 13.6. The number of nitrogens with one attached hydrogen (secondary N) is 1. The highest BCUT2D eigenvalue weighted by molar-refractivity contribution is 6.30. The van der Waals surface area contributed by atoms with Crippen molar-refractivity contribution in [1.29, 1.82) is 5.26 Å². The van der Waals surface area contributed by atoms with Crippen LogP contribution in [0.25, 0.3) is 0 Å². The van der Waals surface area contributed by atoms with E-state index in [1.165, 1.54) is 0 Å². The lowest BCUT2D eigenvalue weighted by Gasteiger charge is -2.37. The molecule has 0 heterocycles. The highest BCUT2D eigenvalue weighted by Crippen LogP contribution is 2.47. The minimum absolute atomic E-state index is 0.00138. The number of hydrogen-bond acceptors (Lipinski definition) is 2. The fourth-order valence-electron chi connectivity index (χ4n) is 2.59. The summed E-state index contributed by atoms with van der Waals surface area (Å²) in [6.45, 7) is 4.32. The van der Waals surface area contributed by atoms with Crippen LogP contribution in [-0.2, 0) is 0 Å². The van der Waals surface area contributed by atoms with Gasteiger partial charge in [0.15, 0.2) is 0 Å². The molecule has 0 aliphatic heterocycles. The van der Waals surface area contributed by atoms with Crippen LogP contribution in [0, 0.1) is 16.7 Å². The molecule has 1 atom stereocenters. The summed E-state index contributed by atoms with van der Waals surface area (Å²) in [6.07, 6.45) is 3.08. The summed E-state index contributed by atoms with van der Waals surface area (Å²) < 4.78 is 0. The molecule has 0 saturated heterocycles. The molecule has 0 spiro atoms. The maximum atomic E-state index is 9.53. The predicted octanol–water partition coefficient (Wildman–Crippen LogP) is 4.22. The van der Waals surface area contributed by atoms with Crippen LogP contribution in [0.1, 0.15) is 33.1 Å². The minimum atomic E-state index is -0.458. The van der Waals surface area contributed by atoms with Gasteiger partial charge in [-0.15, -0.1) is 0 Å². The first-order valence-electron chi connectivity index (χ1n) is 5.94. The van der Waals surface area contributed by atoms with E-state index in [0.717, 1.165) is 24.9 Å². The summed E-state index contributed by atoms with van der Waals surface area (Å²) >= 11 is 5.86. The van der Waals surface area contributed by atoms with Crippen LogP contribution in [0.3, 0.4) is 0 Å². The Bertz CT molecular complexity index is 444. The molecule has 1 N–H and O–H groups in total. The van der Waals surface area contributed by atoms with Gasteiger partial charge >= 0.3 is 0 Å². The Balaban J connectivity index is 2.27. The second kappa shape index (κ2) is 4.23. The molecule has 90 valence electrons. The minimum Gasteiger partial charge on any atom is -0.367 e. The molecule has 1 unspecified atom stereocenters. The number of benzene rings is 1. The van der Waals surface area contributed by atoms with Crippen LogP contribution in [0.15, 0.2) is 24.3 Å². The SMILES string of the molecule is CC1(C)CCCC1(C#N)Nc1ccc(Cl)cc1. The summed E-state index contributed by atoms with van der Waals surface area (Å²) in [6, 6.07) is 10.0. The van der Waals surface area contributed by atoms with E-state index in [1.807, 2.05) is 24.3 Å². The van der Waals surface area contributed by atoms with Gasteiger partial charge in [-0.1, -0.05) is 25.4 Å². The molecule has 1 fully saturated rings. The third kappa shape index (κ3) is 2.12. The van der Waals surface area contributed by atoms with Gasteiger partial charge < -0.3 is 5.32 Å². The lowest BCUT2D eigenvalue weighted by atomic mass is 9.75. The topological polar surface area (TPSA) is 35.8 Å². The van der Waals surface area contributed by atoms with Gasteiger partial charge in [0.2, 0.25) is 0 Å². The van der Waals surface area contributed by atoms with Crippen LogP contribution in [0.2, 0.25) is 5.02 Å². The van der Waals surface area contributed by atoms with Gasteiger partial charge in [0, 0.05) is 16.1 Å². The van der Waals surface area contributed by atoms with Crippen molar-refractivity contribution in [3.63, 3.8) is 0 Å². The van der Waals surface area contributed by atoms with Crippen molar-refractivity contribution in [1.82, 2.24) is 0 Å². The highest BCUT2D eigenvalue weighted by atomic mass is 35.5. The van der Waals surface area contributed by atoms with E-state index in [4.69, 9.17) is 11.6 Å². The van der Waals surface area contributed by atoms with Crippen molar-refractivity contribution < 1.29 is 0 Å². The molecule has 17 heavy (non-hydrogen) atoms. The van der Waals surface area contributed by atoms with Gasteiger partial charge in [0.25, 0.3) is 0 Å². The Hall–Kier alpha value is -1.20. The van der Waals surface area contributed by atoms with Gasteiger partial charge in [-0.3, -0.25) is 0 Å². The lowest BCUT2D eigenvalue weighted by molar-refractivity contribution is 0.290. The molecule has 0 bridgehead atoms. The zero-order valence-electron chi connectivity index (χ0n) is 10.3. The van der Waals surface area contributed by atoms with Crippen molar-refractivity contribution in [3.8, 4) is 6.07 Å². The van der Waals surface area contributed by atoms with E-state index in [0.29, 0.717) is 5.02 Å². The Kier molecular flexibility index (Phi) is 3.05. The van der Waals surface area contributed by atoms with E-state index in [1.54, 1.807) is 0 Å². The van der Waals surface area contributed by atoms with Crippen LogP contribution < -0.4 is 5.32 Å². The first-order chi connectivity index (χ1) is 7.99. The van der Waals surface area contributed by atoms with E-state index in [2.05, 4.69) is 25.2 Å². The molecule has 0 radical (unpaired) electrons. The van der Waals surface area contributed by atoms with E-state index in [9.17, 15) is 5.26 Å². The second-order valence-corrected chi connectivity index (χ2v) is 5.82.